The Labute approximate surface area is 302 Å². The molecule has 1 aromatic heterocycles. The van der Waals surface area contributed by atoms with Gasteiger partial charge in [-0.05, 0) is 61.7 Å². The minimum absolute atomic E-state index is 0.0201. The second kappa shape index (κ2) is 15.7. The van der Waals surface area contributed by atoms with E-state index in [-0.39, 0.29) is 17.9 Å². The summed E-state index contributed by atoms with van der Waals surface area (Å²) in [5.41, 5.74) is 6.76. The van der Waals surface area contributed by atoms with Crippen LogP contribution in [0.5, 0.6) is 0 Å². The predicted octanol–water partition coefficient (Wildman–Crippen LogP) is 4.76. The summed E-state index contributed by atoms with van der Waals surface area (Å²) in [4.78, 5) is 45.2. The molecule has 5 rings (SSSR count). The van der Waals surface area contributed by atoms with Gasteiger partial charge in [-0.15, -0.1) is 0 Å². The monoisotopic (exact) mass is 752 g/mol. The molecular formula is C36H42F6N6O5. The van der Waals surface area contributed by atoms with Gasteiger partial charge in [0.05, 0.1) is 0 Å². The van der Waals surface area contributed by atoms with Crippen LogP contribution in [-0.4, -0.2) is 102 Å². The fourth-order valence-electron chi connectivity index (χ4n) is 6.83. The molecule has 2 atom stereocenters. The summed E-state index contributed by atoms with van der Waals surface area (Å²) in [5.74, 6) is -6.48. The minimum atomic E-state index is -5.60. The summed E-state index contributed by atoms with van der Waals surface area (Å²) >= 11 is 0. The van der Waals surface area contributed by atoms with Crippen molar-refractivity contribution in [2.45, 2.75) is 57.5 Å². The summed E-state index contributed by atoms with van der Waals surface area (Å²) in [5, 5.41) is 0. The van der Waals surface area contributed by atoms with Gasteiger partial charge in [-0.2, -0.15) is 26.3 Å². The Morgan fingerprint density at radius 1 is 0.849 bits per heavy atom. The molecule has 11 nitrogen and oxygen atoms in total. The van der Waals surface area contributed by atoms with Gasteiger partial charge in [0.2, 0.25) is 12.0 Å². The zero-order chi connectivity index (χ0) is 38.7. The van der Waals surface area contributed by atoms with Crippen molar-refractivity contribution < 1.29 is 50.2 Å². The number of halogens is 6. The number of ether oxygens (including phenoxy) is 2. The maximum absolute atomic E-state index is 14.3. The average Bonchev–Trinajstić information content (AvgIpc) is 3.39. The summed E-state index contributed by atoms with van der Waals surface area (Å²) in [6, 6.07) is 17.2. The number of alkyl halides is 6. The lowest BCUT2D eigenvalue weighted by Crippen LogP contribution is -2.72. The first-order valence-electron chi connectivity index (χ1n) is 17.1. The smallest absolute Gasteiger partial charge is 0.428 e. The Hall–Kier alpha value is -4.77. The van der Waals surface area contributed by atoms with E-state index in [9.17, 15) is 40.7 Å². The van der Waals surface area contributed by atoms with E-state index in [2.05, 4.69) is 21.9 Å². The molecule has 0 saturated carbocycles. The number of nitrogens with two attached hydrogens (primary N) is 1. The molecular weight excluding hydrogens is 710 g/mol. The van der Waals surface area contributed by atoms with Gasteiger partial charge in [0.1, 0.15) is 5.69 Å². The highest BCUT2D eigenvalue weighted by Crippen LogP contribution is 2.38. The molecule has 0 spiro atoms. The number of piperazine rings is 2. The van der Waals surface area contributed by atoms with E-state index in [1.807, 2.05) is 12.1 Å². The number of benzene rings is 2. The number of carbonyl (C=O) groups is 3. The van der Waals surface area contributed by atoms with Gasteiger partial charge >= 0.3 is 24.3 Å². The number of para-hydroxylation sites is 2. The van der Waals surface area contributed by atoms with E-state index in [0.717, 1.165) is 49.0 Å². The van der Waals surface area contributed by atoms with Crippen molar-refractivity contribution in [3.8, 4) is 0 Å². The van der Waals surface area contributed by atoms with Crippen LogP contribution in [0, 0.1) is 6.92 Å². The van der Waals surface area contributed by atoms with Gasteiger partial charge in [-0.1, -0.05) is 36.4 Å². The minimum Gasteiger partial charge on any atom is -0.428 e. The molecule has 0 bridgehead atoms. The Morgan fingerprint density at radius 2 is 1.47 bits per heavy atom. The summed E-state index contributed by atoms with van der Waals surface area (Å²) in [6.45, 7) is 5.78. The predicted molar refractivity (Wildman–Crippen MR) is 183 cm³/mol. The number of amides is 1. The number of hydrogen-bond acceptors (Lipinski definition) is 9. The van der Waals surface area contributed by atoms with Gasteiger partial charge in [-0.3, -0.25) is 14.6 Å². The Bertz CT molecular complexity index is 1780. The van der Waals surface area contributed by atoms with E-state index in [4.69, 9.17) is 15.2 Å². The number of anilines is 2. The first-order valence-corrected chi connectivity index (χ1v) is 17.1. The number of aryl methyl sites for hydroxylation is 1. The number of aromatic nitrogens is 1. The number of esters is 2. The third-order valence-electron chi connectivity index (χ3n) is 9.76. The molecule has 2 fully saturated rings. The van der Waals surface area contributed by atoms with Crippen LogP contribution in [0.2, 0.25) is 0 Å². The third-order valence-corrected chi connectivity index (χ3v) is 9.76. The van der Waals surface area contributed by atoms with Gasteiger partial charge < -0.3 is 29.6 Å². The van der Waals surface area contributed by atoms with E-state index in [1.54, 1.807) is 26.1 Å². The quantitative estimate of drug-likeness (QED) is 0.232. The van der Waals surface area contributed by atoms with Crippen molar-refractivity contribution in [2.24, 2.45) is 12.8 Å². The van der Waals surface area contributed by atoms with E-state index < -0.39 is 48.7 Å². The van der Waals surface area contributed by atoms with Crippen LogP contribution < -0.4 is 15.5 Å². The molecule has 17 heteroatoms. The summed E-state index contributed by atoms with van der Waals surface area (Å²) < 4.78 is 92.8. The lowest BCUT2D eigenvalue weighted by Gasteiger charge is -2.52. The molecule has 2 saturated heterocycles. The molecule has 0 radical (unpaired) electrons. The van der Waals surface area contributed by atoms with Crippen molar-refractivity contribution in [2.75, 3.05) is 55.6 Å². The second-order valence-corrected chi connectivity index (χ2v) is 13.2. The highest BCUT2D eigenvalue weighted by molar-refractivity contribution is 5.94. The second-order valence-electron chi connectivity index (χ2n) is 13.2. The van der Waals surface area contributed by atoms with Gasteiger partial charge in [-0.25, -0.2) is 9.59 Å². The molecule has 3 aromatic rings. The van der Waals surface area contributed by atoms with E-state index in [1.165, 1.54) is 34.4 Å². The fraction of sp³-hybridized carbons (Fsp3) is 0.472. The molecule has 53 heavy (non-hydrogen) atoms. The highest BCUT2D eigenvalue weighted by atomic mass is 19.4. The first kappa shape index (κ1) is 39.4. The van der Waals surface area contributed by atoms with Crippen LogP contribution >= 0.6 is 0 Å². The Balaban J connectivity index is 1.42. The zero-order valence-electron chi connectivity index (χ0n) is 29.5. The average molecular weight is 753 g/mol. The van der Waals surface area contributed by atoms with Crippen molar-refractivity contribution in [3.05, 3.63) is 83.2 Å². The fourth-order valence-corrected chi connectivity index (χ4v) is 6.83. The number of nitrogens with zero attached hydrogens (tertiary/aromatic N) is 5. The van der Waals surface area contributed by atoms with Crippen LogP contribution in [0.1, 0.15) is 40.7 Å². The molecule has 0 aliphatic carbocycles. The standard InChI is InChI=1S/C36H42F6N6O5/c1-24-26(23-45-16-18-46(19-17-45)28-14-8-7-10-25(28)11-9-15-43)22-29(44(24)3)30(49)48-21-20-47(27-12-5-4-6-13-27)31(52-32(50)35(37,38)39)34(48,2)53-33(51)36(40,41)42/h4-8,10,12-14,22,31H,9,11,15-21,23,43H2,1-3H3/t31?,34-/m1/s1. The molecule has 2 N–H and O–H groups in total. The number of rotatable bonds is 10. The number of carbonyl (C=O) groups excluding carboxylic acids is 3. The van der Waals surface area contributed by atoms with E-state index >= 15 is 0 Å². The largest absolute Gasteiger partial charge is 0.491 e. The third kappa shape index (κ3) is 8.56. The molecule has 1 amide bonds. The van der Waals surface area contributed by atoms with Crippen molar-refractivity contribution in [3.63, 3.8) is 0 Å². The van der Waals surface area contributed by atoms with Crippen LogP contribution in [-0.2, 0) is 39.1 Å². The number of hydrogen-bond donors (Lipinski definition) is 1. The normalized spacial score (nSPS) is 20.0. The van der Waals surface area contributed by atoms with Gasteiger partial charge in [0.15, 0.2) is 0 Å². The van der Waals surface area contributed by atoms with Gasteiger partial charge in [0, 0.05) is 76.9 Å². The highest BCUT2D eigenvalue weighted by Gasteiger charge is 2.59. The van der Waals surface area contributed by atoms with Crippen molar-refractivity contribution in [1.82, 2.24) is 14.4 Å². The summed E-state index contributed by atoms with van der Waals surface area (Å²) in [6.07, 6.45) is -11.8. The molecule has 2 aromatic carbocycles. The summed E-state index contributed by atoms with van der Waals surface area (Å²) in [7, 11) is 1.57. The lowest BCUT2D eigenvalue weighted by molar-refractivity contribution is -0.255. The van der Waals surface area contributed by atoms with Crippen LogP contribution in [0.15, 0.2) is 60.7 Å². The van der Waals surface area contributed by atoms with Crippen LogP contribution in [0.4, 0.5) is 37.7 Å². The topological polar surface area (TPSA) is 114 Å². The first-order chi connectivity index (χ1) is 25.0. The Kier molecular flexibility index (Phi) is 11.7. The van der Waals surface area contributed by atoms with Crippen molar-refractivity contribution in [1.29, 1.82) is 0 Å². The van der Waals surface area contributed by atoms with Crippen LogP contribution in [0.3, 0.4) is 0 Å². The molecule has 1 unspecified atom stereocenters. The maximum Gasteiger partial charge on any atom is 0.491 e. The molecule has 2 aliphatic rings. The molecule has 2 aliphatic heterocycles. The Morgan fingerprint density at radius 3 is 2.09 bits per heavy atom. The zero-order valence-corrected chi connectivity index (χ0v) is 29.5. The van der Waals surface area contributed by atoms with Crippen LogP contribution in [0.25, 0.3) is 0 Å². The SMILES string of the molecule is Cc1c(CN2CCN(c3ccccc3CCCN)CC2)cc(C(=O)N2CCN(c3ccccc3)C(OC(=O)C(F)(F)F)[C@@]2(C)OC(=O)C(F)(F)F)n1C. The molecule has 3 heterocycles. The van der Waals surface area contributed by atoms with Gasteiger partial charge in [0.25, 0.3) is 5.91 Å². The maximum atomic E-state index is 14.3. The van der Waals surface area contributed by atoms with E-state index in [0.29, 0.717) is 36.8 Å². The van der Waals surface area contributed by atoms with Crippen molar-refractivity contribution >= 4 is 29.2 Å². The molecule has 288 valence electrons. The lowest BCUT2D eigenvalue weighted by atomic mass is 10.0.